The van der Waals surface area contributed by atoms with Crippen molar-refractivity contribution in [2.24, 2.45) is 0 Å². The van der Waals surface area contributed by atoms with E-state index < -0.39 is 0 Å². The molecule has 0 spiro atoms. The minimum Gasteiger partial charge on any atom is -0.372 e. The summed E-state index contributed by atoms with van der Waals surface area (Å²) in [6.45, 7) is 1.84. The molecule has 2 heteroatoms. The molecule has 0 aromatic heterocycles. The largest absolute Gasteiger partial charge is 0.372 e. The van der Waals surface area contributed by atoms with E-state index in [-0.39, 0.29) is 0 Å². The van der Waals surface area contributed by atoms with Crippen molar-refractivity contribution >= 4 is 10.9 Å². The van der Waals surface area contributed by atoms with Gasteiger partial charge in [0.2, 0.25) is 0 Å². The van der Waals surface area contributed by atoms with Gasteiger partial charge in [-0.15, -0.1) is 0 Å². The van der Waals surface area contributed by atoms with Gasteiger partial charge in [0.15, 0.2) is 4.90 Å². The average molecular weight is 257 g/mol. The summed E-state index contributed by atoms with van der Waals surface area (Å²) in [5, 5.41) is 0. The van der Waals surface area contributed by atoms with E-state index in [4.69, 9.17) is 4.74 Å². The molecule has 0 bridgehead atoms. The van der Waals surface area contributed by atoms with Crippen LogP contribution in [0.3, 0.4) is 0 Å². The van der Waals surface area contributed by atoms with Crippen molar-refractivity contribution < 1.29 is 4.74 Å². The summed E-state index contributed by atoms with van der Waals surface area (Å²) < 4.78 is 5.42. The summed E-state index contributed by atoms with van der Waals surface area (Å²) in [6, 6.07) is 19.6. The van der Waals surface area contributed by atoms with Crippen molar-refractivity contribution in [1.29, 1.82) is 0 Å². The molecule has 1 heterocycles. The van der Waals surface area contributed by atoms with Crippen LogP contribution in [0.2, 0.25) is 0 Å². The second-order valence-electron chi connectivity index (χ2n) is 4.40. The lowest BCUT2D eigenvalue weighted by Gasteiger charge is -2.14. The Kier molecular flexibility index (Phi) is 3.67. The molecule has 2 aromatic carbocycles. The molecule has 0 N–H and O–H groups in total. The fraction of sp³-hybridized carbons (Fsp3) is 0.250. The molecule has 0 amide bonds. The zero-order chi connectivity index (χ0) is 12.2. The fourth-order valence-corrected chi connectivity index (χ4v) is 4.06. The standard InChI is InChI=1S/C16H17OS/c1-2-4-14(5-3-1)15-6-8-16(9-7-15)18-12-10-17-11-13-18/h1-9H,10-13H2/q+1. The molecular weight excluding hydrogens is 240 g/mol. The van der Waals surface area contributed by atoms with Crippen LogP contribution < -0.4 is 0 Å². The lowest BCUT2D eigenvalue weighted by molar-refractivity contribution is 0.159. The Labute approximate surface area is 111 Å². The van der Waals surface area contributed by atoms with Crippen molar-refractivity contribution in [3.05, 3.63) is 54.6 Å². The number of ether oxygens (including phenoxy) is 1. The van der Waals surface area contributed by atoms with E-state index in [0.29, 0.717) is 10.9 Å². The van der Waals surface area contributed by atoms with Crippen LogP contribution >= 0.6 is 0 Å². The molecular formula is C16H17OS+. The van der Waals surface area contributed by atoms with Crippen LogP contribution in [0, 0.1) is 0 Å². The minimum absolute atomic E-state index is 0.402. The van der Waals surface area contributed by atoms with Gasteiger partial charge in [-0.05, 0) is 35.4 Å². The highest BCUT2D eigenvalue weighted by Crippen LogP contribution is 2.23. The van der Waals surface area contributed by atoms with Crippen molar-refractivity contribution in [3.63, 3.8) is 0 Å². The van der Waals surface area contributed by atoms with Crippen molar-refractivity contribution in [2.75, 3.05) is 24.7 Å². The smallest absolute Gasteiger partial charge is 0.155 e. The van der Waals surface area contributed by atoms with Crippen molar-refractivity contribution in [3.8, 4) is 11.1 Å². The van der Waals surface area contributed by atoms with Gasteiger partial charge in [0, 0.05) is 10.9 Å². The Balaban J connectivity index is 1.80. The maximum atomic E-state index is 5.42. The number of benzene rings is 2. The summed E-state index contributed by atoms with van der Waals surface area (Å²) in [5.41, 5.74) is 2.59. The summed E-state index contributed by atoms with van der Waals surface area (Å²) in [7, 11) is 0.402. The van der Waals surface area contributed by atoms with Crippen LogP contribution in [0.4, 0.5) is 0 Å². The molecule has 18 heavy (non-hydrogen) atoms. The summed E-state index contributed by atoms with van der Waals surface area (Å²) in [6.07, 6.45) is 0. The predicted molar refractivity (Wildman–Crippen MR) is 78.1 cm³/mol. The Hall–Kier alpha value is -1.25. The van der Waals surface area contributed by atoms with Crippen LogP contribution in [-0.4, -0.2) is 24.7 Å². The molecule has 0 radical (unpaired) electrons. The molecule has 1 saturated heterocycles. The second kappa shape index (κ2) is 5.59. The van der Waals surface area contributed by atoms with Crippen LogP contribution in [-0.2, 0) is 15.6 Å². The monoisotopic (exact) mass is 257 g/mol. The van der Waals surface area contributed by atoms with Crippen molar-refractivity contribution in [1.82, 2.24) is 0 Å². The zero-order valence-electron chi connectivity index (χ0n) is 10.3. The Morgan fingerprint density at radius 3 is 2.00 bits per heavy atom. The third kappa shape index (κ3) is 2.60. The van der Waals surface area contributed by atoms with Gasteiger partial charge in [-0.2, -0.15) is 0 Å². The maximum Gasteiger partial charge on any atom is 0.155 e. The summed E-state index contributed by atoms with van der Waals surface area (Å²) in [4.78, 5) is 1.48. The van der Waals surface area contributed by atoms with Crippen LogP contribution in [0.25, 0.3) is 11.1 Å². The van der Waals surface area contributed by atoms with Gasteiger partial charge >= 0.3 is 0 Å². The highest BCUT2D eigenvalue weighted by atomic mass is 32.2. The van der Waals surface area contributed by atoms with E-state index >= 15 is 0 Å². The van der Waals surface area contributed by atoms with Gasteiger partial charge in [0.05, 0.1) is 13.2 Å². The molecule has 0 unspecified atom stereocenters. The number of hydrogen-bond donors (Lipinski definition) is 0. The first-order chi connectivity index (χ1) is 8.93. The molecule has 3 rings (SSSR count). The molecule has 1 aliphatic heterocycles. The average Bonchev–Trinajstić information content (AvgIpc) is 2.49. The van der Waals surface area contributed by atoms with Crippen LogP contribution in [0.15, 0.2) is 59.5 Å². The SMILES string of the molecule is c1ccc(-c2ccc([S+]3CCOCC3)cc2)cc1. The molecule has 2 aromatic rings. The normalized spacial score (nSPS) is 16.7. The van der Waals surface area contributed by atoms with Gasteiger partial charge in [0.1, 0.15) is 11.5 Å². The molecule has 1 fully saturated rings. The predicted octanol–water partition coefficient (Wildman–Crippen LogP) is 3.36. The highest BCUT2D eigenvalue weighted by Gasteiger charge is 2.24. The van der Waals surface area contributed by atoms with Gasteiger partial charge in [-0.25, -0.2) is 0 Å². The quantitative estimate of drug-likeness (QED) is 0.750. The van der Waals surface area contributed by atoms with Crippen molar-refractivity contribution in [2.45, 2.75) is 4.90 Å². The zero-order valence-corrected chi connectivity index (χ0v) is 11.2. The first-order valence-electron chi connectivity index (χ1n) is 6.34. The van der Waals surface area contributed by atoms with E-state index in [0.717, 1.165) is 13.2 Å². The third-order valence-electron chi connectivity index (χ3n) is 3.24. The molecule has 1 aliphatic rings. The van der Waals surface area contributed by atoms with Gasteiger partial charge < -0.3 is 4.74 Å². The summed E-state index contributed by atoms with van der Waals surface area (Å²) in [5.74, 6) is 2.37. The summed E-state index contributed by atoms with van der Waals surface area (Å²) >= 11 is 0. The first kappa shape index (κ1) is 11.8. The highest BCUT2D eigenvalue weighted by molar-refractivity contribution is 7.97. The van der Waals surface area contributed by atoms with Crippen LogP contribution in [0.1, 0.15) is 0 Å². The Bertz CT molecular complexity index is 486. The third-order valence-corrected chi connectivity index (χ3v) is 5.50. The lowest BCUT2D eigenvalue weighted by Crippen LogP contribution is -2.26. The Morgan fingerprint density at radius 1 is 0.722 bits per heavy atom. The van der Waals surface area contributed by atoms with E-state index in [2.05, 4.69) is 54.6 Å². The van der Waals surface area contributed by atoms with E-state index in [1.807, 2.05) is 0 Å². The Morgan fingerprint density at radius 2 is 1.33 bits per heavy atom. The molecule has 92 valence electrons. The maximum absolute atomic E-state index is 5.42. The van der Waals surface area contributed by atoms with E-state index in [9.17, 15) is 0 Å². The first-order valence-corrected chi connectivity index (χ1v) is 7.90. The molecule has 0 saturated carbocycles. The number of hydrogen-bond acceptors (Lipinski definition) is 1. The number of rotatable bonds is 2. The van der Waals surface area contributed by atoms with Gasteiger partial charge in [0.25, 0.3) is 0 Å². The minimum atomic E-state index is 0.402. The van der Waals surface area contributed by atoms with Crippen LogP contribution in [0.5, 0.6) is 0 Å². The van der Waals surface area contributed by atoms with Gasteiger partial charge in [-0.3, -0.25) is 0 Å². The fourth-order valence-electron chi connectivity index (χ4n) is 2.23. The molecule has 1 nitrogen and oxygen atoms in total. The van der Waals surface area contributed by atoms with E-state index in [1.54, 1.807) is 0 Å². The molecule has 0 atom stereocenters. The molecule has 0 aliphatic carbocycles. The van der Waals surface area contributed by atoms with Gasteiger partial charge in [-0.1, -0.05) is 30.3 Å². The topological polar surface area (TPSA) is 9.23 Å². The lowest BCUT2D eigenvalue weighted by atomic mass is 10.1. The second-order valence-corrected chi connectivity index (χ2v) is 6.68. The van der Waals surface area contributed by atoms with E-state index in [1.165, 1.54) is 27.5 Å².